The molecule has 2 heterocycles. The Balaban J connectivity index is 1.92. The van der Waals surface area contributed by atoms with Crippen LogP contribution in [0, 0.1) is 5.82 Å². The van der Waals surface area contributed by atoms with E-state index in [0.717, 1.165) is 23.1 Å². The molecule has 1 aromatic carbocycles. The fourth-order valence-corrected chi connectivity index (χ4v) is 2.63. The number of hydrogen-bond acceptors (Lipinski definition) is 2. The number of aromatic nitrogens is 2. The summed E-state index contributed by atoms with van der Waals surface area (Å²) >= 11 is 6.05. The van der Waals surface area contributed by atoms with E-state index >= 15 is 0 Å². The summed E-state index contributed by atoms with van der Waals surface area (Å²) in [7, 11) is 0. The maximum atomic E-state index is 14.1. The molecule has 0 amide bonds. The molecule has 8 heteroatoms. The molecule has 1 N–H and O–H groups in total. The zero-order chi connectivity index (χ0) is 17.3. The van der Waals surface area contributed by atoms with Crippen molar-refractivity contribution in [1.29, 1.82) is 0 Å². The SMILES string of the molecule is Fc1ccc(OCC(F)(F)F)c(Cl)c1Cc1c[nH]c2ncccc12. The molecule has 0 aliphatic rings. The second-order valence-electron chi connectivity index (χ2n) is 5.13. The minimum absolute atomic E-state index is 0.0705. The van der Waals surface area contributed by atoms with Crippen LogP contribution in [0.4, 0.5) is 17.6 Å². The van der Waals surface area contributed by atoms with Crippen molar-refractivity contribution in [3.8, 4) is 5.75 Å². The highest BCUT2D eigenvalue weighted by molar-refractivity contribution is 6.32. The minimum atomic E-state index is -4.50. The molecule has 0 aliphatic heterocycles. The number of fused-ring (bicyclic) bond motifs is 1. The van der Waals surface area contributed by atoms with Gasteiger partial charge in [0.2, 0.25) is 0 Å². The second-order valence-corrected chi connectivity index (χ2v) is 5.51. The number of rotatable bonds is 4. The summed E-state index contributed by atoms with van der Waals surface area (Å²) in [6.07, 6.45) is -1.13. The molecule has 0 fully saturated rings. The average Bonchev–Trinajstić information content (AvgIpc) is 2.93. The summed E-state index contributed by atoms with van der Waals surface area (Å²) in [5, 5.41) is 0.618. The highest BCUT2D eigenvalue weighted by Crippen LogP contribution is 2.34. The molecule has 24 heavy (non-hydrogen) atoms. The van der Waals surface area contributed by atoms with Gasteiger partial charge in [0, 0.05) is 29.8 Å². The van der Waals surface area contributed by atoms with Crippen LogP contribution in [0.3, 0.4) is 0 Å². The molecule has 0 unspecified atom stereocenters. The van der Waals surface area contributed by atoms with Crippen LogP contribution in [0.2, 0.25) is 5.02 Å². The first-order valence-electron chi connectivity index (χ1n) is 6.92. The molecule has 0 saturated heterocycles. The molecule has 0 bridgehead atoms. The van der Waals surface area contributed by atoms with E-state index in [2.05, 4.69) is 14.7 Å². The Bertz CT molecular complexity index is 876. The van der Waals surface area contributed by atoms with Gasteiger partial charge in [0.1, 0.15) is 17.2 Å². The third-order valence-electron chi connectivity index (χ3n) is 3.45. The molecule has 3 nitrogen and oxygen atoms in total. The first-order valence-corrected chi connectivity index (χ1v) is 7.30. The molecule has 3 rings (SSSR count). The van der Waals surface area contributed by atoms with E-state index in [4.69, 9.17) is 11.6 Å². The number of pyridine rings is 1. The molecular formula is C16H11ClF4N2O. The van der Waals surface area contributed by atoms with Crippen molar-refractivity contribution in [2.45, 2.75) is 12.6 Å². The van der Waals surface area contributed by atoms with E-state index in [0.29, 0.717) is 5.65 Å². The second kappa shape index (κ2) is 6.32. The molecule has 0 atom stereocenters. The Morgan fingerprint density at radius 2 is 2.00 bits per heavy atom. The normalized spacial score (nSPS) is 11.9. The lowest BCUT2D eigenvalue weighted by atomic mass is 10.0. The lowest BCUT2D eigenvalue weighted by molar-refractivity contribution is -0.153. The number of alkyl halides is 3. The van der Waals surface area contributed by atoms with E-state index in [1.54, 1.807) is 18.5 Å². The van der Waals surface area contributed by atoms with Gasteiger partial charge < -0.3 is 9.72 Å². The molecule has 3 aromatic rings. The number of ether oxygens (including phenoxy) is 1. The van der Waals surface area contributed by atoms with Crippen LogP contribution in [0.5, 0.6) is 5.75 Å². The Morgan fingerprint density at radius 3 is 2.75 bits per heavy atom. The van der Waals surface area contributed by atoms with Gasteiger partial charge >= 0.3 is 6.18 Å². The molecule has 0 spiro atoms. The van der Waals surface area contributed by atoms with E-state index in [1.165, 1.54) is 0 Å². The molecule has 126 valence electrons. The fourth-order valence-electron chi connectivity index (χ4n) is 2.36. The Morgan fingerprint density at radius 1 is 1.21 bits per heavy atom. The first kappa shape index (κ1) is 16.6. The monoisotopic (exact) mass is 358 g/mol. The van der Waals surface area contributed by atoms with Crippen LogP contribution < -0.4 is 4.74 Å². The van der Waals surface area contributed by atoms with Gasteiger partial charge in [-0.1, -0.05) is 11.6 Å². The van der Waals surface area contributed by atoms with Gasteiger partial charge in [-0.2, -0.15) is 13.2 Å². The molecule has 2 aromatic heterocycles. The van der Waals surface area contributed by atoms with Crippen LogP contribution in [0.15, 0.2) is 36.7 Å². The third kappa shape index (κ3) is 3.46. The number of halogens is 5. The largest absolute Gasteiger partial charge is 0.483 e. The quantitative estimate of drug-likeness (QED) is 0.674. The minimum Gasteiger partial charge on any atom is -0.483 e. The summed E-state index contributed by atoms with van der Waals surface area (Å²) < 4.78 is 55.6. The Kier molecular flexibility index (Phi) is 4.36. The molecule has 0 saturated carbocycles. The lowest BCUT2D eigenvalue weighted by Gasteiger charge is -2.13. The van der Waals surface area contributed by atoms with Gasteiger partial charge in [-0.3, -0.25) is 0 Å². The predicted molar refractivity (Wildman–Crippen MR) is 81.9 cm³/mol. The first-order chi connectivity index (χ1) is 11.3. The zero-order valence-electron chi connectivity index (χ0n) is 12.1. The topological polar surface area (TPSA) is 37.9 Å². The van der Waals surface area contributed by atoms with E-state index in [-0.39, 0.29) is 22.8 Å². The van der Waals surface area contributed by atoms with Crippen LogP contribution in [-0.2, 0) is 6.42 Å². The van der Waals surface area contributed by atoms with E-state index in [1.807, 2.05) is 6.07 Å². The Hall–Kier alpha value is -2.28. The van der Waals surface area contributed by atoms with Crippen molar-refractivity contribution in [3.05, 3.63) is 58.6 Å². The number of nitrogens with one attached hydrogen (secondary N) is 1. The van der Waals surface area contributed by atoms with Crippen molar-refractivity contribution in [2.24, 2.45) is 0 Å². The highest BCUT2D eigenvalue weighted by atomic mass is 35.5. The summed E-state index contributed by atoms with van der Waals surface area (Å²) in [4.78, 5) is 7.08. The standard InChI is InChI=1S/C16H11ClF4N2O/c17-14-11(6-9-7-23-15-10(9)2-1-5-22-15)12(18)3-4-13(14)24-8-16(19,20)21/h1-5,7H,6,8H2,(H,22,23). The van der Waals surface area contributed by atoms with Crippen molar-refractivity contribution in [1.82, 2.24) is 9.97 Å². The van der Waals surface area contributed by atoms with Crippen LogP contribution in [-0.4, -0.2) is 22.8 Å². The van der Waals surface area contributed by atoms with Gasteiger partial charge in [0.15, 0.2) is 6.61 Å². The molecule has 0 radical (unpaired) electrons. The van der Waals surface area contributed by atoms with Gasteiger partial charge in [0.05, 0.1) is 5.02 Å². The number of benzene rings is 1. The smallest absolute Gasteiger partial charge is 0.422 e. The van der Waals surface area contributed by atoms with Crippen LogP contribution in [0.1, 0.15) is 11.1 Å². The van der Waals surface area contributed by atoms with Crippen molar-refractivity contribution < 1.29 is 22.3 Å². The van der Waals surface area contributed by atoms with Gasteiger partial charge in [-0.15, -0.1) is 0 Å². The molecular weight excluding hydrogens is 348 g/mol. The lowest BCUT2D eigenvalue weighted by Crippen LogP contribution is -2.19. The van der Waals surface area contributed by atoms with Crippen LogP contribution >= 0.6 is 11.6 Å². The van der Waals surface area contributed by atoms with Gasteiger partial charge in [-0.05, 0) is 29.8 Å². The highest BCUT2D eigenvalue weighted by Gasteiger charge is 2.29. The maximum absolute atomic E-state index is 14.1. The summed E-state index contributed by atoms with van der Waals surface area (Å²) in [5.41, 5.74) is 1.43. The van der Waals surface area contributed by atoms with E-state index in [9.17, 15) is 17.6 Å². The maximum Gasteiger partial charge on any atom is 0.422 e. The summed E-state index contributed by atoms with van der Waals surface area (Å²) in [6.45, 7) is -1.49. The number of aromatic amines is 1. The van der Waals surface area contributed by atoms with Crippen molar-refractivity contribution in [3.63, 3.8) is 0 Å². The van der Waals surface area contributed by atoms with Gasteiger partial charge in [0.25, 0.3) is 0 Å². The zero-order valence-corrected chi connectivity index (χ0v) is 12.9. The predicted octanol–water partition coefficient (Wildman–Crippen LogP) is 4.89. The van der Waals surface area contributed by atoms with Gasteiger partial charge in [-0.25, -0.2) is 9.37 Å². The number of hydrogen-bond donors (Lipinski definition) is 1. The third-order valence-corrected chi connectivity index (χ3v) is 3.86. The Labute approximate surface area is 139 Å². The average molecular weight is 359 g/mol. The van der Waals surface area contributed by atoms with E-state index < -0.39 is 18.6 Å². The number of H-pyrrole nitrogens is 1. The number of nitrogens with zero attached hydrogens (tertiary/aromatic N) is 1. The van der Waals surface area contributed by atoms with Crippen molar-refractivity contribution >= 4 is 22.6 Å². The molecule has 0 aliphatic carbocycles. The fraction of sp³-hybridized carbons (Fsp3) is 0.188. The summed E-state index contributed by atoms with van der Waals surface area (Å²) in [6, 6.07) is 5.67. The van der Waals surface area contributed by atoms with Crippen LogP contribution in [0.25, 0.3) is 11.0 Å². The summed E-state index contributed by atoms with van der Waals surface area (Å²) in [5.74, 6) is -0.819. The van der Waals surface area contributed by atoms with Crippen molar-refractivity contribution in [2.75, 3.05) is 6.61 Å².